The van der Waals surface area contributed by atoms with Crippen LogP contribution in [0.5, 0.6) is 11.5 Å². The highest BCUT2D eigenvalue weighted by Gasteiger charge is 2.13. The molecule has 0 saturated carbocycles. The van der Waals surface area contributed by atoms with Crippen molar-refractivity contribution in [3.05, 3.63) is 58.6 Å². The first-order chi connectivity index (χ1) is 11.8. The number of benzene rings is 2. The molecule has 0 saturated heterocycles. The van der Waals surface area contributed by atoms with E-state index in [-0.39, 0.29) is 11.3 Å². The summed E-state index contributed by atoms with van der Waals surface area (Å²) in [6.07, 6.45) is 0. The van der Waals surface area contributed by atoms with Crippen LogP contribution in [0.2, 0.25) is 5.02 Å². The van der Waals surface area contributed by atoms with Crippen LogP contribution in [-0.4, -0.2) is 26.2 Å². The maximum Gasteiger partial charge on any atom is 0.251 e. The Kier molecular flexibility index (Phi) is 6.32. The molecule has 2 rings (SSSR count). The second kappa shape index (κ2) is 8.26. The number of hydrogen-bond acceptors (Lipinski definition) is 3. The molecule has 0 atom stereocenters. The third-order valence-electron chi connectivity index (χ3n) is 3.79. The SMILES string of the molecule is COc1ccc(C(=O)NCCOc2ccc(C(C)(C)C)cc2)cc1Cl. The van der Waals surface area contributed by atoms with Gasteiger partial charge in [0.1, 0.15) is 18.1 Å². The van der Waals surface area contributed by atoms with Gasteiger partial charge in [-0.25, -0.2) is 0 Å². The van der Waals surface area contributed by atoms with Crippen molar-refractivity contribution in [2.24, 2.45) is 0 Å². The lowest BCUT2D eigenvalue weighted by molar-refractivity contribution is 0.0947. The van der Waals surface area contributed by atoms with Gasteiger partial charge in [0.2, 0.25) is 0 Å². The molecule has 2 aromatic carbocycles. The third kappa shape index (κ3) is 5.40. The maximum absolute atomic E-state index is 12.1. The van der Waals surface area contributed by atoms with Crippen molar-refractivity contribution in [1.29, 1.82) is 0 Å². The van der Waals surface area contributed by atoms with E-state index < -0.39 is 0 Å². The molecule has 25 heavy (non-hydrogen) atoms. The molecule has 1 amide bonds. The number of carbonyl (C=O) groups is 1. The quantitative estimate of drug-likeness (QED) is 0.773. The van der Waals surface area contributed by atoms with E-state index >= 15 is 0 Å². The fourth-order valence-corrected chi connectivity index (χ4v) is 2.55. The summed E-state index contributed by atoms with van der Waals surface area (Å²) in [6.45, 7) is 7.31. The predicted octanol–water partition coefficient (Wildman–Crippen LogP) is 4.45. The van der Waals surface area contributed by atoms with E-state index in [1.807, 2.05) is 12.1 Å². The topological polar surface area (TPSA) is 47.6 Å². The minimum atomic E-state index is -0.198. The second-order valence-electron chi connectivity index (χ2n) is 6.73. The molecule has 0 aliphatic rings. The Morgan fingerprint density at radius 2 is 1.80 bits per heavy atom. The first-order valence-corrected chi connectivity index (χ1v) is 8.54. The Balaban J connectivity index is 1.81. The van der Waals surface area contributed by atoms with Gasteiger partial charge >= 0.3 is 0 Å². The Labute approximate surface area is 154 Å². The summed E-state index contributed by atoms with van der Waals surface area (Å²) < 4.78 is 10.7. The van der Waals surface area contributed by atoms with Crippen LogP contribution < -0.4 is 14.8 Å². The van der Waals surface area contributed by atoms with E-state index in [1.54, 1.807) is 18.2 Å². The van der Waals surface area contributed by atoms with Crippen molar-refractivity contribution >= 4 is 17.5 Å². The number of nitrogens with one attached hydrogen (secondary N) is 1. The maximum atomic E-state index is 12.1. The van der Waals surface area contributed by atoms with Crippen molar-refractivity contribution < 1.29 is 14.3 Å². The summed E-state index contributed by atoms with van der Waals surface area (Å²) in [7, 11) is 1.53. The smallest absolute Gasteiger partial charge is 0.251 e. The molecule has 0 aromatic heterocycles. The molecule has 0 spiro atoms. The van der Waals surface area contributed by atoms with Gasteiger partial charge in [-0.2, -0.15) is 0 Å². The van der Waals surface area contributed by atoms with Gasteiger partial charge in [0, 0.05) is 5.56 Å². The minimum Gasteiger partial charge on any atom is -0.495 e. The summed E-state index contributed by atoms with van der Waals surface area (Å²) in [5.74, 6) is 1.13. The highest BCUT2D eigenvalue weighted by molar-refractivity contribution is 6.32. The molecule has 0 unspecified atom stereocenters. The van der Waals surface area contributed by atoms with Crippen LogP contribution in [0.4, 0.5) is 0 Å². The van der Waals surface area contributed by atoms with E-state index in [0.717, 1.165) is 5.75 Å². The summed E-state index contributed by atoms with van der Waals surface area (Å²) in [6, 6.07) is 13.0. The molecule has 1 N–H and O–H groups in total. The Bertz CT molecular complexity index is 721. The van der Waals surface area contributed by atoms with Crippen LogP contribution in [0.25, 0.3) is 0 Å². The number of ether oxygens (including phenoxy) is 2. The monoisotopic (exact) mass is 361 g/mol. The van der Waals surface area contributed by atoms with Crippen LogP contribution in [0, 0.1) is 0 Å². The normalized spacial score (nSPS) is 11.1. The lowest BCUT2D eigenvalue weighted by atomic mass is 9.87. The van der Waals surface area contributed by atoms with Crippen LogP contribution in [0.3, 0.4) is 0 Å². The van der Waals surface area contributed by atoms with Crippen LogP contribution in [0.15, 0.2) is 42.5 Å². The molecule has 4 nitrogen and oxygen atoms in total. The zero-order valence-electron chi connectivity index (χ0n) is 15.1. The summed E-state index contributed by atoms with van der Waals surface area (Å²) in [4.78, 5) is 12.1. The fraction of sp³-hybridized carbons (Fsp3) is 0.350. The molecule has 0 aliphatic carbocycles. The van der Waals surface area contributed by atoms with Gasteiger partial charge in [-0.15, -0.1) is 0 Å². The Morgan fingerprint density at radius 3 is 2.36 bits per heavy atom. The van der Waals surface area contributed by atoms with E-state index in [4.69, 9.17) is 21.1 Å². The number of hydrogen-bond donors (Lipinski definition) is 1. The van der Waals surface area contributed by atoms with Crippen molar-refractivity contribution in [3.63, 3.8) is 0 Å². The van der Waals surface area contributed by atoms with Gasteiger partial charge < -0.3 is 14.8 Å². The zero-order valence-corrected chi connectivity index (χ0v) is 15.8. The largest absolute Gasteiger partial charge is 0.495 e. The van der Waals surface area contributed by atoms with Crippen LogP contribution in [0.1, 0.15) is 36.7 Å². The summed E-state index contributed by atoms with van der Waals surface area (Å²) in [5, 5.41) is 3.21. The van der Waals surface area contributed by atoms with Gasteiger partial charge in [0.15, 0.2) is 0 Å². The van der Waals surface area contributed by atoms with Gasteiger partial charge in [-0.3, -0.25) is 4.79 Å². The average molecular weight is 362 g/mol. The standard InChI is InChI=1S/C20H24ClNO3/c1-20(2,3)15-6-8-16(9-7-15)25-12-11-22-19(23)14-5-10-18(24-4)17(21)13-14/h5-10,13H,11-12H2,1-4H3,(H,22,23). The highest BCUT2D eigenvalue weighted by atomic mass is 35.5. The van der Waals surface area contributed by atoms with Crippen molar-refractivity contribution in [3.8, 4) is 11.5 Å². The predicted molar refractivity (Wildman–Crippen MR) is 101 cm³/mol. The number of carbonyl (C=O) groups excluding carboxylic acids is 1. The number of halogens is 1. The zero-order chi connectivity index (χ0) is 18.4. The fourth-order valence-electron chi connectivity index (χ4n) is 2.29. The molecular formula is C20H24ClNO3. The average Bonchev–Trinajstić information content (AvgIpc) is 2.58. The molecule has 5 heteroatoms. The molecule has 0 radical (unpaired) electrons. The van der Waals surface area contributed by atoms with Gasteiger partial charge in [-0.1, -0.05) is 44.5 Å². The third-order valence-corrected chi connectivity index (χ3v) is 4.09. The molecule has 134 valence electrons. The number of amides is 1. The van der Waals surface area contributed by atoms with Crippen molar-refractivity contribution in [2.45, 2.75) is 26.2 Å². The van der Waals surface area contributed by atoms with E-state index in [1.165, 1.54) is 12.7 Å². The molecule has 0 bridgehead atoms. The van der Waals surface area contributed by atoms with E-state index in [9.17, 15) is 4.79 Å². The summed E-state index contributed by atoms with van der Waals surface area (Å²) >= 11 is 6.03. The lowest BCUT2D eigenvalue weighted by Gasteiger charge is -2.19. The molecule has 0 aliphatic heterocycles. The Hall–Kier alpha value is -2.20. The van der Waals surface area contributed by atoms with Crippen LogP contribution >= 0.6 is 11.6 Å². The minimum absolute atomic E-state index is 0.117. The van der Waals surface area contributed by atoms with E-state index in [2.05, 4.69) is 38.2 Å². The van der Waals surface area contributed by atoms with Gasteiger partial charge in [0.25, 0.3) is 5.91 Å². The Morgan fingerprint density at radius 1 is 1.12 bits per heavy atom. The summed E-state index contributed by atoms with van der Waals surface area (Å²) in [5.41, 5.74) is 1.86. The van der Waals surface area contributed by atoms with E-state index in [0.29, 0.717) is 29.5 Å². The highest BCUT2D eigenvalue weighted by Crippen LogP contribution is 2.25. The number of methoxy groups -OCH3 is 1. The lowest BCUT2D eigenvalue weighted by Crippen LogP contribution is -2.28. The number of rotatable bonds is 6. The van der Waals surface area contributed by atoms with Gasteiger partial charge in [-0.05, 0) is 41.3 Å². The second-order valence-corrected chi connectivity index (χ2v) is 7.14. The first-order valence-electron chi connectivity index (χ1n) is 8.16. The molecule has 0 fully saturated rings. The van der Waals surface area contributed by atoms with Crippen molar-refractivity contribution in [1.82, 2.24) is 5.32 Å². The molecule has 0 heterocycles. The first kappa shape index (κ1) is 19.1. The van der Waals surface area contributed by atoms with Crippen molar-refractivity contribution in [2.75, 3.05) is 20.3 Å². The van der Waals surface area contributed by atoms with Gasteiger partial charge in [0.05, 0.1) is 18.7 Å². The molecular weight excluding hydrogens is 338 g/mol. The molecule has 2 aromatic rings. The van der Waals surface area contributed by atoms with Crippen LogP contribution in [-0.2, 0) is 5.41 Å².